The van der Waals surface area contributed by atoms with Gasteiger partial charge in [-0.1, -0.05) is 236 Å². The fourth-order valence-electron chi connectivity index (χ4n) is 7.76. The van der Waals surface area contributed by atoms with Gasteiger partial charge >= 0.3 is 17.9 Å². The van der Waals surface area contributed by atoms with E-state index >= 15 is 0 Å². The van der Waals surface area contributed by atoms with E-state index in [1.54, 1.807) is 0 Å². The second-order valence-corrected chi connectivity index (χ2v) is 18.5. The zero-order valence-corrected chi connectivity index (χ0v) is 43.0. The Hall–Kier alpha value is -2.89. The molecule has 65 heavy (non-hydrogen) atoms. The predicted molar refractivity (Wildman–Crippen MR) is 279 cm³/mol. The highest BCUT2D eigenvalue weighted by Crippen LogP contribution is 2.16. The molecule has 0 unspecified atom stereocenters. The highest BCUT2D eigenvalue weighted by atomic mass is 16.6. The second-order valence-electron chi connectivity index (χ2n) is 18.5. The van der Waals surface area contributed by atoms with Gasteiger partial charge in [0, 0.05) is 19.3 Å². The summed E-state index contributed by atoms with van der Waals surface area (Å²) in [4.78, 5) is 38.1. The Morgan fingerprint density at radius 2 is 0.569 bits per heavy atom. The largest absolute Gasteiger partial charge is 0.462 e. The Morgan fingerprint density at radius 1 is 0.308 bits per heavy atom. The standard InChI is InChI=1S/C59H104O6/c1-4-7-10-13-16-19-22-25-28-30-32-34-37-40-43-46-49-52-58(61)64-55-56(54-63-57(60)51-48-45-42-39-36-33-27-24-21-18-15-12-9-6-3)65-59(62)53-50-47-44-41-38-35-31-29-26-23-20-17-14-11-8-5-2/h15-16,18-19,24-25,27-28,32,34,56H,4-14,17,20-23,26,29-31,33,35-55H2,1-3H3/b18-15+,19-16+,27-24+,28-25+,34-32+/t56-/m1/s1. The zero-order chi connectivity index (χ0) is 47.2. The van der Waals surface area contributed by atoms with Crippen molar-refractivity contribution in [1.82, 2.24) is 0 Å². The first-order valence-electron chi connectivity index (χ1n) is 27.8. The number of carbonyl (C=O) groups excluding carboxylic acids is 3. The molecule has 0 aromatic rings. The summed E-state index contributed by atoms with van der Waals surface area (Å²) in [6, 6.07) is 0. The van der Waals surface area contributed by atoms with Crippen LogP contribution in [0.5, 0.6) is 0 Å². The molecule has 0 radical (unpaired) electrons. The van der Waals surface area contributed by atoms with Gasteiger partial charge in [-0.25, -0.2) is 0 Å². The van der Waals surface area contributed by atoms with Crippen molar-refractivity contribution in [3.05, 3.63) is 60.8 Å². The minimum atomic E-state index is -0.787. The SMILES string of the molecule is CCCC/C=C/C/C=C/CCCCCCCC(=O)OC[C@H](COC(=O)CCCCCC/C=C/C/C=C/C/C=C/CCCCC)OC(=O)CCCCCCCCCCCCCCCCCC. The molecular weight excluding hydrogens is 805 g/mol. The third-order valence-corrected chi connectivity index (χ3v) is 12.0. The highest BCUT2D eigenvalue weighted by molar-refractivity contribution is 5.71. The van der Waals surface area contributed by atoms with Gasteiger partial charge in [0.15, 0.2) is 6.10 Å². The van der Waals surface area contributed by atoms with Crippen LogP contribution < -0.4 is 0 Å². The zero-order valence-electron chi connectivity index (χ0n) is 43.0. The lowest BCUT2D eigenvalue weighted by molar-refractivity contribution is -0.167. The summed E-state index contributed by atoms with van der Waals surface area (Å²) < 4.78 is 16.8. The van der Waals surface area contributed by atoms with Gasteiger partial charge in [0.2, 0.25) is 0 Å². The van der Waals surface area contributed by atoms with Crippen LogP contribution in [0.1, 0.15) is 278 Å². The summed E-state index contributed by atoms with van der Waals surface area (Å²) in [6.45, 7) is 6.56. The van der Waals surface area contributed by atoms with Crippen molar-refractivity contribution >= 4 is 17.9 Å². The average Bonchev–Trinajstić information content (AvgIpc) is 3.30. The Bertz CT molecular complexity index is 1180. The van der Waals surface area contributed by atoms with E-state index in [4.69, 9.17) is 14.2 Å². The molecule has 1 atom stereocenters. The van der Waals surface area contributed by atoms with Crippen molar-refractivity contribution in [1.29, 1.82) is 0 Å². The fourth-order valence-corrected chi connectivity index (χ4v) is 7.76. The average molecular weight is 909 g/mol. The van der Waals surface area contributed by atoms with Crippen LogP contribution in [0.4, 0.5) is 0 Å². The first-order chi connectivity index (χ1) is 32.0. The van der Waals surface area contributed by atoms with Crippen molar-refractivity contribution in [2.45, 2.75) is 284 Å². The van der Waals surface area contributed by atoms with Gasteiger partial charge in [0.05, 0.1) is 0 Å². The molecule has 0 aliphatic heterocycles. The molecule has 0 fully saturated rings. The summed E-state index contributed by atoms with van der Waals surface area (Å²) >= 11 is 0. The van der Waals surface area contributed by atoms with Crippen LogP contribution in [0.3, 0.4) is 0 Å². The van der Waals surface area contributed by atoms with Gasteiger partial charge in [-0.2, -0.15) is 0 Å². The Balaban J connectivity index is 4.42. The van der Waals surface area contributed by atoms with Gasteiger partial charge in [-0.3, -0.25) is 14.4 Å². The molecule has 0 amide bonds. The molecule has 6 heteroatoms. The van der Waals surface area contributed by atoms with E-state index in [1.165, 1.54) is 135 Å². The Kier molecular flexibility index (Phi) is 51.3. The monoisotopic (exact) mass is 909 g/mol. The maximum absolute atomic E-state index is 12.8. The lowest BCUT2D eigenvalue weighted by atomic mass is 10.0. The number of allylic oxidation sites excluding steroid dienone is 10. The summed E-state index contributed by atoms with van der Waals surface area (Å²) in [6.07, 6.45) is 66.3. The molecule has 0 aliphatic rings. The van der Waals surface area contributed by atoms with Crippen molar-refractivity contribution < 1.29 is 28.6 Å². The lowest BCUT2D eigenvalue weighted by Gasteiger charge is -2.18. The fraction of sp³-hybridized carbons (Fsp3) is 0.780. The molecule has 0 bridgehead atoms. The lowest BCUT2D eigenvalue weighted by Crippen LogP contribution is -2.30. The van der Waals surface area contributed by atoms with Crippen molar-refractivity contribution in [2.24, 2.45) is 0 Å². The van der Waals surface area contributed by atoms with Crippen LogP contribution in [0.25, 0.3) is 0 Å². The molecule has 0 N–H and O–H groups in total. The van der Waals surface area contributed by atoms with Gasteiger partial charge in [-0.05, 0) is 83.5 Å². The third kappa shape index (κ3) is 51.9. The number of hydrogen-bond acceptors (Lipinski definition) is 6. The Morgan fingerprint density at radius 3 is 0.938 bits per heavy atom. The van der Waals surface area contributed by atoms with E-state index in [0.29, 0.717) is 19.3 Å². The minimum Gasteiger partial charge on any atom is -0.462 e. The molecule has 0 saturated heterocycles. The van der Waals surface area contributed by atoms with Crippen LogP contribution in [-0.2, 0) is 28.6 Å². The molecule has 0 aromatic heterocycles. The van der Waals surface area contributed by atoms with Gasteiger partial charge in [0.1, 0.15) is 13.2 Å². The summed E-state index contributed by atoms with van der Waals surface area (Å²) in [7, 11) is 0. The van der Waals surface area contributed by atoms with E-state index in [2.05, 4.69) is 81.5 Å². The van der Waals surface area contributed by atoms with Crippen LogP contribution in [0.15, 0.2) is 60.8 Å². The quantitative estimate of drug-likeness (QED) is 0.0262. The maximum Gasteiger partial charge on any atom is 0.306 e. The first kappa shape index (κ1) is 62.1. The van der Waals surface area contributed by atoms with Crippen molar-refractivity contribution in [2.75, 3.05) is 13.2 Å². The molecule has 376 valence electrons. The minimum absolute atomic E-state index is 0.0869. The van der Waals surface area contributed by atoms with Crippen LogP contribution in [0, 0.1) is 0 Å². The molecule has 0 rings (SSSR count). The molecule has 0 aromatic carbocycles. The van der Waals surface area contributed by atoms with Crippen molar-refractivity contribution in [3.63, 3.8) is 0 Å². The number of esters is 3. The normalized spacial score (nSPS) is 12.5. The predicted octanol–water partition coefficient (Wildman–Crippen LogP) is 18.4. The molecule has 0 heterocycles. The summed E-state index contributed by atoms with van der Waals surface area (Å²) in [5.41, 5.74) is 0. The first-order valence-corrected chi connectivity index (χ1v) is 27.8. The number of carbonyl (C=O) groups is 3. The van der Waals surface area contributed by atoms with Crippen LogP contribution >= 0.6 is 0 Å². The van der Waals surface area contributed by atoms with Crippen molar-refractivity contribution in [3.8, 4) is 0 Å². The number of unbranched alkanes of at least 4 members (excludes halogenated alkanes) is 29. The molecular formula is C59H104O6. The summed E-state index contributed by atoms with van der Waals surface area (Å²) in [5, 5.41) is 0. The van der Waals surface area contributed by atoms with E-state index < -0.39 is 6.10 Å². The highest BCUT2D eigenvalue weighted by Gasteiger charge is 2.19. The number of hydrogen-bond donors (Lipinski definition) is 0. The Labute approximate surface area is 402 Å². The smallest absolute Gasteiger partial charge is 0.306 e. The maximum atomic E-state index is 12.8. The van der Waals surface area contributed by atoms with E-state index in [9.17, 15) is 14.4 Å². The molecule has 0 saturated carbocycles. The molecule has 0 aliphatic carbocycles. The number of rotatable bonds is 50. The molecule has 0 spiro atoms. The molecule has 6 nitrogen and oxygen atoms in total. The van der Waals surface area contributed by atoms with Gasteiger partial charge in [0.25, 0.3) is 0 Å². The topological polar surface area (TPSA) is 78.9 Å². The summed E-state index contributed by atoms with van der Waals surface area (Å²) in [5.74, 6) is -0.911. The van der Waals surface area contributed by atoms with Gasteiger partial charge < -0.3 is 14.2 Å². The van der Waals surface area contributed by atoms with E-state index in [1.807, 2.05) is 0 Å². The van der Waals surface area contributed by atoms with Crippen LogP contribution in [0.2, 0.25) is 0 Å². The van der Waals surface area contributed by atoms with E-state index in [-0.39, 0.29) is 31.1 Å². The number of ether oxygens (including phenoxy) is 3. The van der Waals surface area contributed by atoms with Gasteiger partial charge in [-0.15, -0.1) is 0 Å². The van der Waals surface area contributed by atoms with E-state index in [0.717, 1.165) is 103 Å². The third-order valence-electron chi connectivity index (χ3n) is 12.0. The second kappa shape index (κ2) is 53.7. The van der Waals surface area contributed by atoms with Crippen LogP contribution in [-0.4, -0.2) is 37.2 Å².